The van der Waals surface area contributed by atoms with Crippen LogP contribution < -0.4 is 5.73 Å². The summed E-state index contributed by atoms with van der Waals surface area (Å²) in [5.74, 6) is -1.94. The lowest BCUT2D eigenvalue weighted by Crippen LogP contribution is -2.14. The summed E-state index contributed by atoms with van der Waals surface area (Å²) in [6.07, 6.45) is 0. The van der Waals surface area contributed by atoms with Gasteiger partial charge in [0.1, 0.15) is 17.5 Å². The van der Waals surface area contributed by atoms with E-state index in [1.807, 2.05) is 0 Å². The van der Waals surface area contributed by atoms with Gasteiger partial charge in [0.2, 0.25) is 0 Å². The minimum Gasteiger partial charge on any atom is -0.320 e. The van der Waals surface area contributed by atoms with E-state index >= 15 is 0 Å². The maximum absolute atomic E-state index is 13.6. The van der Waals surface area contributed by atoms with Gasteiger partial charge in [-0.1, -0.05) is 17.7 Å². The van der Waals surface area contributed by atoms with Crippen LogP contribution in [0.15, 0.2) is 36.4 Å². The van der Waals surface area contributed by atoms with Crippen LogP contribution in [0.2, 0.25) is 0 Å². The van der Waals surface area contributed by atoms with Gasteiger partial charge < -0.3 is 5.73 Å². The zero-order valence-electron chi connectivity index (χ0n) is 9.75. The minimum atomic E-state index is -0.893. The van der Waals surface area contributed by atoms with Gasteiger partial charge in [-0.05, 0) is 30.7 Å². The molecular weight excluding hydrogens is 239 g/mol. The van der Waals surface area contributed by atoms with Gasteiger partial charge in [0.15, 0.2) is 0 Å². The lowest BCUT2D eigenvalue weighted by Gasteiger charge is -2.14. The van der Waals surface area contributed by atoms with Crippen LogP contribution in [0.3, 0.4) is 0 Å². The molecule has 0 heterocycles. The SMILES string of the molecule is Cc1ccc(F)c(C(N)c2cc(F)cc(F)c2)c1. The molecule has 1 unspecified atom stereocenters. The summed E-state index contributed by atoms with van der Waals surface area (Å²) < 4.78 is 39.8. The molecule has 1 atom stereocenters. The van der Waals surface area contributed by atoms with Crippen molar-refractivity contribution in [3.05, 3.63) is 70.5 Å². The van der Waals surface area contributed by atoms with Crippen molar-refractivity contribution in [1.82, 2.24) is 0 Å². The molecule has 0 saturated heterocycles. The van der Waals surface area contributed by atoms with Crippen LogP contribution in [0.1, 0.15) is 22.7 Å². The van der Waals surface area contributed by atoms with Crippen LogP contribution in [0, 0.1) is 24.4 Å². The fourth-order valence-corrected chi connectivity index (χ4v) is 1.84. The van der Waals surface area contributed by atoms with E-state index < -0.39 is 23.5 Å². The summed E-state index contributed by atoms with van der Waals surface area (Å²) in [7, 11) is 0. The second-order valence-corrected chi connectivity index (χ2v) is 4.21. The lowest BCUT2D eigenvalue weighted by molar-refractivity contribution is 0.571. The summed E-state index contributed by atoms with van der Waals surface area (Å²) in [5.41, 5.74) is 7.11. The molecule has 0 spiro atoms. The molecule has 4 heteroatoms. The molecule has 2 N–H and O–H groups in total. The molecule has 1 nitrogen and oxygen atoms in total. The van der Waals surface area contributed by atoms with E-state index in [1.165, 1.54) is 6.07 Å². The molecule has 0 radical (unpaired) electrons. The molecule has 0 amide bonds. The Balaban J connectivity index is 2.47. The Morgan fingerprint density at radius 1 is 0.944 bits per heavy atom. The number of benzene rings is 2. The van der Waals surface area contributed by atoms with E-state index in [0.29, 0.717) is 0 Å². The van der Waals surface area contributed by atoms with E-state index in [1.54, 1.807) is 19.1 Å². The van der Waals surface area contributed by atoms with Crippen molar-refractivity contribution < 1.29 is 13.2 Å². The summed E-state index contributed by atoms with van der Waals surface area (Å²) in [6.45, 7) is 1.79. The predicted octanol–water partition coefficient (Wildman–Crippen LogP) is 3.46. The molecule has 0 saturated carbocycles. The molecule has 0 fully saturated rings. The van der Waals surface area contributed by atoms with Crippen LogP contribution in [-0.2, 0) is 0 Å². The standard InChI is InChI=1S/C14H12F3N/c1-8-2-3-13(17)12(4-8)14(18)9-5-10(15)7-11(16)6-9/h2-7,14H,18H2,1H3. The average Bonchev–Trinajstić information content (AvgIpc) is 2.30. The molecule has 0 bridgehead atoms. The Kier molecular flexibility index (Phi) is 3.39. The summed E-state index contributed by atoms with van der Waals surface area (Å²) in [4.78, 5) is 0. The zero-order valence-corrected chi connectivity index (χ0v) is 9.75. The van der Waals surface area contributed by atoms with Crippen molar-refractivity contribution >= 4 is 0 Å². The van der Waals surface area contributed by atoms with Gasteiger partial charge in [0.25, 0.3) is 0 Å². The molecule has 94 valence electrons. The van der Waals surface area contributed by atoms with Crippen molar-refractivity contribution in [2.75, 3.05) is 0 Å². The van der Waals surface area contributed by atoms with Gasteiger partial charge in [-0.3, -0.25) is 0 Å². The number of hydrogen-bond acceptors (Lipinski definition) is 1. The largest absolute Gasteiger partial charge is 0.320 e. The molecule has 0 aliphatic rings. The van der Waals surface area contributed by atoms with E-state index in [0.717, 1.165) is 23.8 Å². The highest BCUT2D eigenvalue weighted by Gasteiger charge is 2.15. The fraction of sp³-hybridized carbons (Fsp3) is 0.143. The molecule has 0 aliphatic carbocycles. The van der Waals surface area contributed by atoms with Gasteiger partial charge in [-0.2, -0.15) is 0 Å². The van der Waals surface area contributed by atoms with E-state index in [4.69, 9.17) is 5.73 Å². The Morgan fingerprint density at radius 2 is 1.56 bits per heavy atom. The third-order valence-corrected chi connectivity index (χ3v) is 2.73. The van der Waals surface area contributed by atoms with Gasteiger partial charge in [-0.15, -0.1) is 0 Å². The predicted molar refractivity (Wildman–Crippen MR) is 63.5 cm³/mol. The normalized spacial score (nSPS) is 12.5. The Labute approximate surface area is 103 Å². The Morgan fingerprint density at radius 3 is 2.17 bits per heavy atom. The lowest BCUT2D eigenvalue weighted by atomic mass is 9.97. The second kappa shape index (κ2) is 4.82. The van der Waals surface area contributed by atoms with Gasteiger partial charge >= 0.3 is 0 Å². The highest BCUT2D eigenvalue weighted by atomic mass is 19.1. The summed E-state index contributed by atoms with van der Waals surface area (Å²) in [6, 6.07) is 6.55. The van der Waals surface area contributed by atoms with Crippen LogP contribution in [0.5, 0.6) is 0 Å². The van der Waals surface area contributed by atoms with Crippen molar-refractivity contribution in [2.24, 2.45) is 5.73 Å². The quantitative estimate of drug-likeness (QED) is 0.869. The Hall–Kier alpha value is -1.81. The molecule has 2 rings (SSSR count). The number of halogens is 3. The number of rotatable bonds is 2. The first-order valence-corrected chi connectivity index (χ1v) is 5.45. The molecule has 2 aromatic rings. The van der Waals surface area contributed by atoms with Crippen molar-refractivity contribution in [2.45, 2.75) is 13.0 Å². The van der Waals surface area contributed by atoms with Crippen molar-refractivity contribution in [3.63, 3.8) is 0 Å². The first-order chi connectivity index (χ1) is 8.47. The Bertz CT molecular complexity index is 561. The molecule has 2 aromatic carbocycles. The first kappa shape index (κ1) is 12.6. The third-order valence-electron chi connectivity index (χ3n) is 2.73. The van der Waals surface area contributed by atoms with Crippen LogP contribution in [0.25, 0.3) is 0 Å². The van der Waals surface area contributed by atoms with Gasteiger partial charge in [-0.25, -0.2) is 13.2 Å². The minimum absolute atomic E-state index is 0.206. The maximum atomic E-state index is 13.6. The van der Waals surface area contributed by atoms with E-state index in [-0.39, 0.29) is 11.1 Å². The van der Waals surface area contributed by atoms with E-state index in [2.05, 4.69) is 0 Å². The van der Waals surface area contributed by atoms with Crippen molar-refractivity contribution in [3.8, 4) is 0 Å². The summed E-state index contributed by atoms with van der Waals surface area (Å²) in [5, 5.41) is 0. The fourth-order valence-electron chi connectivity index (χ4n) is 1.84. The average molecular weight is 251 g/mol. The monoisotopic (exact) mass is 251 g/mol. The van der Waals surface area contributed by atoms with Gasteiger partial charge in [0.05, 0.1) is 6.04 Å². The van der Waals surface area contributed by atoms with Gasteiger partial charge in [0, 0.05) is 11.6 Å². The van der Waals surface area contributed by atoms with Crippen LogP contribution in [0.4, 0.5) is 13.2 Å². The number of hydrogen-bond donors (Lipinski definition) is 1. The number of nitrogens with two attached hydrogens (primary N) is 1. The van der Waals surface area contributed by atoms with Crippen molar-refractivity contribution in [1.29, 1.82) is 0 Å². The molecule has 0 aromatic heterocycles. The highest BCUT2D eigenvalue weighted by molar-refractivity contribution is 5.35. The topological polar surface area (TPSA) is 26.0 Å². The summed E-state index contributed by atoms with van der Waals surface area (Å²) >= 11 is 0. The molecule has 18 heavy (non-hydrogen) atoms. The molecule has 0 aliphatic heterocycles. The van der Waals surface area contributed by atoms with Crippen LogP contribution >= 0.6 is 0 Å². The highest BCUT2D eigenvalue weighted by Crippen LogP contribution is 2.24. The molecular formula is C14H12F3N. The first-order valence-electron chi connectivity index (χ1n) is 5.45. The number of aryl methyl sites for hydroxylation is 1. The smallest absolute Gasteiger partial charge is 0.128 e. The van der Waals surface area contributed by atoms with E-state index in [9.17, 15) is 13.2 Å². The second-order valence-electron chi connectivity index (χ2n) is 4.21. The third kappa shape index (κ3) is 2.54. The maximum Gasteiger partial charge on any atom is 0.128 e. The zero-order chi connectivity index (χ0) is 13.3. The van der Waals surface area contributed by atoms with Crippen LogP contribution in [-0.4, -0.2) is 0 Å².